The van der Waals surface area contributed by atoms with E-state index in [1.54, 1.807) is 12.1 Å². The Morgan fingerprint density at radius 2 is 1.77 bits per heavy atom. The van der Waals surface area contributed by atoms with Crippen molar-refractivity contribution in [2.24, 2.45) is 0 Å². The fraction of sp³-hybridized carbons (Fsp3) is 0.581. The monoisotopic (exact) mass is 538 g/mol. The van der Waals surface area contributed by atoms with Crippen molar-refractivity contribution in [3.05, 3.63) is 65.0 Å². The standard InChI is InChI=1S/C31H43FN4O3/c1-20-14-34(26(13-33-20)15-35-21(2)17-39-18-22(35)3)16-29(37)36-19-31(4,5)27-11-8-24(12-28(27)36)30(38)23-6-9-25(32)10-7-23/h6-12,20-22,26,30,33,38H,13-19H2,1-5H3. The van der Waals surface area contributed by atoms with Crippen LogP contribution in [0.25, 0.3) is 0 Å². The molecule has 2 N–H and O–H groups in total. The van der Waals surface area contributed by atoms with Crippen LogP contribution in [0.5, 0.6) is 0 Å². The van der Waals surface area contributed by atoms with Crippen LogP contribution in [0.2, 0.25) is 0 Å². The van der Waals surface area contributed by atoms with Gasteiger partial charge in [0.15, 0.2) is 0 Å². The van der Waals surface area contributed by atoms with E-state index in [4.69, 9.17) is 4.74 Å². The lowest BCUT2D eigenvalue weighted by Crippen LogP contribution is -2.63. The Hall–Kier alpha value is -2.36. The molecule has 0 aromatic heterocycles. The third-order valence-electron chi connectivity index (χ3n) is 8.73. The van der Waals surface area contributed by atoms with Crippen molar-refractivity contribution in [2.75, 3.05) is 50.8 Å². The van der Waals surface area contributed by atoms with Gasteiger partial charge in [-0.15, -0.1) is 0 Å². The summed E-state index contributed by atoms with van der Waals surface area (Å²) in [5, 5.41) is 14.7. The fourth-order valence-electron chi connectivity index (χ4n) is 6.44. The van der Waals surface area contributed by atoms with Gasteiger partial charge in [0.25, 0.3) is 0 Å². The third-order valence-corrected chi connectivity index (χ3v) is 8.73. The average molecular weight is 539 g/mol. The Morgan fingerprint density at radius 3 is 2.46 bits per heavy atom. The maximum atomic E-state index is 14.0. The number of fused-ring (bicyclic) bond motifs is 1. The van der Waals surface area contributed by atoms with Crippen molar-refractivity contribution >= 4 is 11.6 Å². The van der Waals surface area contributed by atoms with E-state index in [0.717, 1.165) is 44.1 Å². The minimum atomic E-state index is -0.896. The van der Waals surface area contributed by atoms with E-state index in [1.165, 1.54) is 12.1 Å². The van der Waals surface area contributed by atoms with Crippen molar-refractivity contribution in [1.82, 2.24) is 15.1 Å². The number of rotatable bonds is 6. The van der Waals surface area contributed by atoms with E-state index in [0.29, 0.717) is 42.3 Å². The molecule has 2 saturated heterocycles. The fourth-order valence-corrected chi connectivity index (χ4v) is 6.44. The number of nitrogens with one attached hydrogen (secondary N) is 1. The summed E-state index contributed by atoms with van der Waals surface area (Å²) in [5.74, 6) is -0.256. The van der Waals surface area contributed by atoms with E-state index >= 15 is 0 Å². The summed E-state index contributed by atoms with van der Waals surface area (Å²) >= 11 is 0. The average Bonchev–Trinajstić information content (AvgIpc) is 3.17. The molecular formula is C31H43FN4O3. The summed E-state index contributed by atoms with van der Waals surface area (Å²) in [6.07, 6.45) is -0.896. The summed E-state index contributed by atoms with van der Waals surface area (Å²) in [4.78, 5) is 20.7. The van der Waals surface area contributed by atoms with Crippen molar-refractivity contribution in [3.8, 4) is 0 Å². The number of halogens is 1. The normalized spacial score (nSPS) is 28.3. The molecule has 5 atom stereocenters. The van der Waals surface area contributed by atoms with E-state index < -0.39 is 6.10 Å². The quantitative estimate of drug-likeness (QED) is 0.589. The van der Waals surface area contributed by atoms with Crippen LogP contribution in [0.15, 0.2) is 42.5 Å². The molecular weight excluding hydrogens is 495 g/mol. The molecule has 2 aromatic carbocycles. The van der Waals surface area contributed by atoms with Crippen LogP contribution in [-0.4, -0.2) is 90.9 Å². The summed E-state index contributed by atoms with van der Waals surface area (Å²) in [7, 11) is 0. The van der Waals surface area contributed by atoms with Crippen molar-refractivity contribution in [3.63, 3.8) is 0 Å². The Bertz CT molecular complexity index is 1160. The zero-order valence-corrected chi connectivity index (χ0v) is 23.9. The van der Waals surface area contributed by atoms with E-state index in [1.807, 2.05) is 23.1 Å². The molecule has 0 radical (unpaired) electrons. The number of amides is 1. The number of anilines is 1. The molecule has 7 nitrogen and oxygen atoms in total. The van der Waals surface area contributed by atoms with Gasteiger partial charge in [0.2, 0.25) is 5.91 Å². The minimum Gasteiger partial charge on any atom is -0.384 e. The minimum absolute atomic E-state index is 0.0809. The number of morpholine rings is 1. The maximum absolute atomic E-state index is 14.0. The third kappa shape index (κ3) is 5.91. The number of ether oxygens (including phenoxy) is 1. The number of aliphatic hydroxyl groups is 1. The second-order valence-electron chi connectivity index (χ2n) is 12.4. The molecule has 0 bridgehead atoms. The first kappa shape index (κ1) is 28.2. The van der Waals surface area contributed by atoms with Gasteiger partial charge in [-0.05, 0) is 55.7 Å². The van der Waals surface area contributed by atoms with Gasteiger partial charge in [-0.1, -0.05) is 38.1 Å². The topological polar surface area (TPSA) is 68.3 Å². The Labute approximate surface area is 231 Å². The SMILES string of the molecule is CC1CN(CC(=O)N2CC(C)(C)c3ccc(C(O)c4ccc(F)cc4)cc32)C(CN2C(C)COCC2C)CN1. The van der Waals surface area contributed by atoms with Crippen LogP contribution >= 0.6 is 0 Å². The molecule has 3 aliphatic rings. The molecule has 3 aliphatic heterocycles. The van der Waals surface area contributed by atoms with Crippen LogP contribution in [0.4, 0.5) is 10.1 Å². The number of hydrogen-bond donors (Lipinski definition) is 2. The van der Waals surface area contributed by atoms with Gasteiger partial charge in [-0.3, -0.25) is 14.6 Å². The molecule has 0 saturated carbocycles. The summed E-state index contributed by atoms with van der Waals surface area (Å²) in [6, 6.07) is 13.0. The highest BCUT2D eigenvalue weighted by atomic mass is 19.1. The van der Waals surface area contributed by atoms with E-state index in [-0.39, 0.29) is 23.2 Å². The highest BCUT2D eigenvalue weighted by molar-refractivity contribution is 5.97. The lowest BCUT2D eigenvalue weighted by molar-refractivity contribution is -0.121. The molecule has 39 heavy (non-hydrogen) atoms. The van der Waals surface area contributed by atoms with Crippen LogP contribution in [0.3, 0.4) is 0 Å². The zero-order valence-electron chi connectivity index (χ0n) is 23.9. The second-order valence-corrected chi connectivity index (χ2v) is 12.4. The van der Waals surface area contributed by atoms with E-state index in [9.17, 15) is 14.3 Å². The highest BCUT2D eigenvalue weighted by Crippen LogP contribution is 2.42. The summed E-state index contributed by atoms with van der Waals surface area (Å²) in [6.45, 7) is 15.9. The molecule has 2 fully saturated rings. The maximum Gasteiger partial charge on any atom is 0.241 e. The lowest BCUT2D eigenvalue weighted by atomic mass is 9.86. The lowest BCUT2D eigenvalue weighted by Gasteiger charge is -2.46. The second kappa shape index (κ2) is 11.3. The van der Waals surface area contributed by atoms with Gasteiger partial charge >= 0.3 is 0 Å². The van der Waals surface area contributed by atoms with E-state index in [2.05, 4.69) is 49.7 Å². The van der Waals surface area contributed by atoms with Crippen molar-refractivity contribution in [2.45, 2.75) is 70.3 Å². The van der Waals surface area contributed by atoms with Gasteiger partial charge in [0, 0.05) is 61.4 Å². The molecule has 5 unspecified atom stereocenters. The molecule has 3 heterocycles. The smallest absolute Gasteiger partial charge is 0.241 e. The van der Waals surface area contributed by atoms with Crippen LogP contribution in [0.1, 0.15) is 57.4 Å². The Kier molecular flexibility index (Phi) is 8.13. The number of aliphatic hydroxyl groups excluding tert-OH is 1. The van der Waals surface area contributed by atoms with Gasteiger partial charge in [0.1, 0.15) is 11.9 Å². The Morgan fingerprint density at radius 1 is 1.10 bits per heavy atom. The molecule has 1 amide bonds. The Balaban J connectivity index is 1.36. The number of carbonyl (C=O) groups excluding carboxylic acids is 1. The van der Waals surface area contributed by atoms with Crippen LogP contribution in [-0.2, 0) is 14.9 Å². The number of hydrogen-bond acceptors (Lipinski definition) is 6. The zero-order chi connectivity index (χ0) is 27.9. The van der Waals surface area contributed by atoms with Gasteiger partial charge < -0.3 is 20.1 Å². The predicted octanol–water partition coefficient (Wildman–Crippen LogP) is 3.30. The van der Waals surface area contributed by atoms with Gasteiger partial charge in [-0.25, -0.2) is 4.39 Å². The largest absolute Gasteiger partial charge is 0.384 e. The van der Waals surface area contributed by atoms with Crippen LogP contribution in [0, 0.1) is 5.82 Å². The van der Waals surface area contributed by atoms with Crippen molar-refractivity contribution in [1.29, 1.82) is 0 Å². The van der Waals surface area contributed by atoms with Gasteiger partial charge in [0.05, 0.1) is 19.8 Å². The summed E-state index contributed by atoms with van der Waals surface area (Å²) < 4.78 is 19.2. The number of carbonyl (C=O) groups is 1. The van der Waals surface area contributed by atoms with Crippen molar-refractivity contribution < 1.29 is 19.0 Å². The number of nitrogens with zero attached hydrogens (tertiary/aromatic N) is 3. The summed E-state index contributed by atoms with van der Waals surface area (Å²) in [5.41, 5.74) is 3.08. The molecule has 0 aliphatic carbocycles. The molecule has 212 valence electrons. The van der Waals surface area contributed by atoms with Gasteiger partial charge in [-0.2, -0.15) is 0 Å². The highest BCUT2D eigenvalue weighted by Gasteiger charge is 2.40. The molecule has 0 spiro atoms. The molecule has 5 rings (SSSR count). The van der Waals surface area contributed by atoms with Crippen LogP contribution < -0.4 is 10.2 Å². The molecule has 8 heteroatoms. The molecule has 2 aromatic rings. The first-order chi connectivity index (χ1) is 18.5. The number of benzene rings is 2. The number of piperazine rings is 1. The predicted molar refractivity (Wildman–Crippen MR) is 152 cm³/mol. The first-order valence-electron chi connectivity index (χ1n) is 14.2. The first-order valence-corrected chi connectivity index (χ1v) is 14.2.